The van der Waals surface area contributed by atoms with Crippen molar-refractivity contribution in [3.05, 3.63) is 63.1 Å². The Morgan fingerprint density at radius 1 is 0.903 bits per heavy atom. The highest BCUT2D eigenvalue weighted by molar-refractivity contribution is 6.40. The van der Waals surface area contributed by atoms with Crippen LogP contribution in [0.4, 0.5) is 5.69 Å². The van der Waals surface area contributed by atoms with Crippen molar-refractivity contribution < 1.29 is 4.79 Å². The van der Waals surface area contributed by atoms with Crippen LogP contribution in [0.2, 0.25) is 15.1 Å². The van der Waals surface area contributed by atoms with E-state index in [-0.39, 0.29) is 11.9 Å². The minimum atomic E-state index is -0.163. The second kappa shape index (κ2) is 10.2. The summed E-state index contributed by atoms with van der Waals surface area (Å²) >= 11 is 18.6. The maximum Gasteiger partial charge on any atom is 0.281 e. The fraction of sp³-hybridized carbons (Fsp3) is 0.391. The molecule has 0 aliphatic carbocycles. The van der Waals surface area contributed by atoms with E-state index in [1.54, 1.807) is 12.1 Å². The van der Waals surface area contributed by atoms with Crippen molar-refractivity contribution in [3.8, 4) is 0 Å². The van der Waals surface area contributed by atoms with Crippen molar-refractivity contribution in [1.82, 2.24) is 10.4 Å². The van der Waals surface area contributed by atoms with Gasteiger partial charge in [0.05, 0.1) is 16.8 Å². The molecule has 1 N–H and O–H groups in total. The molecular formula is C23H25Cl3N4O. The second-order valence-corrected chi connectivity index (χ2v) is 9.23. The fourth-order valence-corrected chi connectivity index (χ4v) is 4.67. The first-order chi connectivity index (χ1) is 15.0. The van der Waals surface area contributed by atoms with E-state index >= 15 is 0 Å². The molecule has 0 spiro atoms. The smallest absolute Gasteiger partial charge is 0.281 e. The molecule has 4 rings (SSSR count). The van der Waals surface area contributed by atoms with Crippen molar-refractivity contribution in [1.29, 1.82) is 0 Å². The first kappa shape index (κ1) is 22.4. The maximum absolute atomic E-state index is 13.1. The number of carbonyl (C=O) groups is 1. The summed E-state index contributed by atoms with van der Waals surface area (Å²) in [4.78, 5) is 13.1. The topological polar surface area (TPSA) is 47.9 Å². The van der Waals surface area contributed by atoms with Gasteiger partial charge in [-0.2, -0.15) is 5.10 Å². The van der Waals surface area contributed by atoms with Crippen LogP contribution >= 0.6 is 34.8 Å². The molecule has 1 amide bonds. The molecule has 31 heavy (non-hydrogen) atoms. The molecule has 2 aliphatic rings. The van der Waals surface area contributed by atoms with Crippen LogP contribution in [0.1, 0.15) is 50.1 Å². The Bertz CT molecular complexity index is 956. The van der Waals surface area contributed by atoms with Gasteiger partial charge in [-0.15, -0.1) is 0 Å². The van der Waals surface area contributed by atoms with Crippen molar-refractivity contribution in [2.24, 2.45) is 5.10 Å². The first-order valence-electron chi connectivity index (χ1n) is 10.6. The molecule has 5 nitrogen and oxygen atoms in total. The van der Waals surface area contributed by atoms with Gasteiger partial charge in [-0.1, -0.05) is 66.2 Å². The minimum absolute atomic E-state index is 0.160. The lowest BCUT2D eigenvalue weighted by Gasteiger charge is -2.25. The lowest BCUT2D eigenvalue weighted by atomic mass is 10.0. The molecule has 1 saturated heterocycles. The number of halogens is 3. The largest absolute Gasteiger partial charge is 0.284 e. The van der Waals surface area contributed by atoms with Crippen LogP contribution in [0.5, 0.6) is 0 Å². The van der Waals surface area contributed by atoms with Crippen molar-refractivity contribution in [2.75, 3.05) is 18.1 Å². The van der Waals surface area contributed by atoms with Crippen LogP contribution in [0.3, 0.4) is 0 Å². The molecule has 2 aliphatic heterocycles. The van der Waals surface area contributed by atoms with Gasteiger partial charge in [-0.3, -0.25) is 15.2 Å². The van der Waals surface area contributed by atoms with Crippen molar-refractivity contribution in [3.63, 3.8) is 0 Å². The number of rotatable bonds is 4. The fourth-order valence-electron chi connectivity index (χ4n) is 4.05. The van der Waals surface area contributed by atoms with E-state index in [1.807, 2.05) is 40.3 Å². The minimum Gasteiger partial charge on any atom is -0.284 e. The second-order valence-electron chi connectivity index (χ2n) is 7.95. The predicted octanol–water partition coefficient (Wildman–Crippen LogP) is 6.25. The highest BCUT2D eigenvalue weighted by Gasteiger charge is 2.34. The number of nitrogens with zero attached hydrogens (tertiary/aromatic N) is 3. The van der Waals surface area contributed by atoms with E-state index in [4.69, 9.17) is 34.8 Å². The molecule has 0 aromatic heterocycles. The van der Waals surface area contributed by atoms with Crippen LogP contribution in [-0.2, 0) is 4.79 Å². The van der Waals surface area contributed by atoms with E-state index in [0.717, 1.165) is 31.5 Å². The zero-order chi connectivity index (χ0) is 21.8. The summed E-state index contributed by atoms with van der Waals surface area (Å²) in [7, 11) is 0. The van der Waals surface area contributed by atoms with Gasteiger partial charge < -0.3 is 0 Å². The van der Waals surface area contributed by atoms with E-state index in [1.165, 1.54) is 19.3 Å². The summed E-state index contributed by atoms with van der Waals surface area (Å²) in [5, 5.41) is 10.2. The number of hydrogen-bond donors (Lipinski definition) is 1. The number of hydrazone groups is 1. The lowest BCUT2D eigenvalue weighted by molar-refractivity contribution is -0.119. The summed E-state index contributed by atoms with van der Waals surface area (Å²) < 4.78 is 0. The first-order valence-corrected chi connectivity index (χ1v) is 11.8. The quantitative estimate of drug-likeness (QED) is 0.563. The zero-order valence-electron chi connectivity index (χ0n) is 17.2. The average Bonchev–Trinajstić information content (AvgIpc) is 3.15. The van der Waals surface area contributed by atoms with E-state index in [0.29, 0.717) is 32.9 Å². The monoisotopic (exact) mass is 478 g/mol. The summed E-state index contributed by atoms with van der Waals surface area (Å²) in [6.45, 7) is 1.73. The van der Waals surface area contributed by atoms with Crippen LogP contribution < -0.4 is 10.4 Å². The normalized spacial score (nSPS) is 20.2. The summed E-state index contributed by atoms with van der Waals surface area (Å²) in [6, 6.07) is 12.7. The predicted molar refractivity (Wildman–Crippen MR) is 128 cm³/mol. The Labute approximate surface area is 197 Å². The number of carbonyl (C=O) groups excluding carboxylic acids is 1. The Hall–Kier alpha value is -1.79. The molecule has 2 aromatic carbocycles. The highest BCUT2D eigenvalue weighted by Crippen LogP contribution is 2.39. The maximum atomic E-state index is 13.1. The SMILES string of the molecule is O=C(NN1CCCCCCC1)C1=NN(c2ccc(Cl)cc2Cl)[C@H](c2ccc(Cl)cc2)C1. The summed E-state index contributed by atoms with van der Waals surface area (Å²) in [5.74, 6) is -0.160. The molecule has 0 unspecified atom stereocenters. The molecule has 2 aromatic rings. The summed E-state index contributed by atoms with van der Waals surface area (Å²) in [6.07, 6.45) is 6.33. The van der Waals surface area contributed by atoms with Crippen LogP contribution in [0, 0.1) is 0 Å². The molecule has 164 valence electrons. The van der Waals surface area contributed by atoms with Gasteiger partial charge in [0.1, 0.15) is 5.71 Å². The van der Waals surface area contributed by atoms with Gasteiger partial charge >= 0.3 is 0 Å². The van der Waals surface area contributed by atoms with E-state index in [2.05, 4.69) is 10.5 Å². The van der Waals surface area contributed by atoms with Crippen molar-refractivity contribution in [2.45, 2.75) is 44.6 Å². The summed E-state index contributed by atoms with van der Waals surface area (Å²) in [5.41, 5.74) is 5.26. The Balaban J connectivity index is 1.58. The highest BCUT2D eigenvalue weighted by atomic mass is 35.5. The number of benzene rings is 2. The van der Waals surface area contributed by atoms with Crippen molar-refractivity contribution >= 4 is 52.1 Å². The third-order valence-electron chi connectivity index (χ3n) is 5.70. The van der Waals surface area contributed by atoms with Gasteiger partial charge in [0.25, 0.3) is 5.91 Å². The Morgan fingerprint density at radius 3 is 2.23 bits per heavy atom. The van der Waals surface area contributed by atoms with Crippen LogP contribution in [0.15, 0.2) is 47.6 Å². The lowest BCUT2D eigenvalue weighted by Crippen LogP contribution is -2.46. The molecule has 8 heteroatoms. The molecule has 1 fully saturated rings. The van der Waals surface area contributed by atoms with Gasteiger partial charge in [0.2, 0.25) is 0 Å². The van der Waals surface area contributed by atoms with Gasteiger partial charge in [0, 0.05) is 29.6 Å². The van der Waals surface area contributed by atoms with Gasteiger partial charge in [0.15, 0.2) is 0 Å². The standard InChI is InChI=1S/C23H25Cl3N4O/c24-17-8-6-16(7-9-17)22-15-20(23(31)28-29-12-4-2-1-3-5-13-29)27-30(22)21-11-10-18(25)14-19(21)26/h6-11,14,22H,1-5,12-13,15H2,(H,28,31)/t22-/m0/s1. The van der Waals surface area contributed by atoms with Crippen LogP contribution in [-0.4, -0.2) is 29.7 Å². The van der Waals surface area contributed by atoms with Gasteiger partial charge in [-0.05, 0) is 48.7 Å². The average molecular weight is 480 g/mol. The number of nitrogens with one attached hydrogen (secondary N) is 1. The molecule has 2 heterocycles. The third-order valence-corrected chi connectivity index (χ3v) is 6.49. The van der Waals surface area contributed by atoms with E-state index < -0.39 is 0 Å². The molecule has 1 atom stereocenters. The Kier molecular flexibility index (Phi) is 7.39. The zero-order valence-corrected chi connectivity index (χ0v) is 19.4. The van der Waals surface area contributed by atoms with Gasteiger partial charge in [-0.25, -0.2) is 5.01 Å². The number of anilines is 1. The molecule has 0 radical (unpaired) electrons. The third kappa shape index (κ3) is 5.53. The van der Waals surface area contributed by atoms with Crippen LogP contribution in [0.25, 0.3) is 0 Å². The molecule has 0 saturated carbocycles. The van der Waals surface area contributed by atoms with E-state index in [9.17, 15) is 4.79 Å². The number of amides is 1. The number of hydrogen-bond acceptors (Lipinski definition) is 4. The Morgan fingerprint density at radius 2 is 1.55 bits per heavy atom. The molecule has 0 bridgehead atoms. The molecular weight excluding hydrogens is 455 g/mol. The number of hydrazine groups is 1.